The van der Waals surface area contributed by atoms with E-state index in [0.29, 0.717) is 6.10 Å². The van der Waals surface area contributed by atoms with Gasteiger partial charge in [-0.3, -0.25) is 4.90 Å². The fraction of sp³-hybridized carbons (Fsp3) is 0.636. The summed E-state index contributed by atoms with van der Waals surface area (Å²) in [6.07, 6.45) is 6.94. The molecule has 0 radical (unpaired) electrons. The third-order valence-electron chi connectivity index (χ3n) is 6.62. The molecule has 3 heterocycles. The first-order chi connectivity index (χ1) is 13.3. The summed E-state index contributed by atoms with van der Waals surface area (Å²) in [4.78, 5) is 8.77. The molecule has 27 heavy (non-hydrogen) atoms. The van der Waals surface area contributed by atoms with E-state index in [0.717, 1.165) is 57.4 Å². The summed E-state index contributed by atoms with van der Waals surface area (Å²) in [7, 11) is 0. The van der Waals surface area contributed by atoms with Crippen molar-refractivity contribution in [3.05, 3.63) is 30.0 Å². The summed E-state index contributed by atoms with van der Waals surface area (Å²) in [5, 5.41) is 4.69. The van der Waals surface area contributed by atoms with Crippen LogP contribution in [0.5, 0.6) is 5.75 Å². The number of fused-ring (bicyclic) bond motifs is 1. The number of piperidine rings is 1. The molecule has 1 aliphatic carbocycles. The number of hydrogen-bond donors (Lipinski definition) is 2. The average molecular weight is 369 g/mol. The Kier molecular flexibility index (Phi) is 5.08. The van der Waals surface area contributed by atoms with Gasteiger partial charge < -0.3 is 19.9 Å². The zero-order chi connectivity index (χ0) is 18.1. The molecule has 1 aromatic carbocycles. The van der Waals surface area contributed by atoms with E-state index in [1.807, 2.05) is 0 Å². The van der Waals surface area contributed by atoms with Crippen LogP contribution in [0.4, 0.5) is 0 Å². The molecule has 1 saturated carbocycles. The molecule has 3 aliphatic rings. The van der Waals surface area contributed by atoms with Gasteiger partial charge in [0, 0.05) is 68.5 Å². The molecule has 5 rings (SSSR count). The van der Waals surface area contributed by atoms with Gasteiger partial charge in [-0.15, -0.1) is 0 Å². The lowest BCUT2D eigenvalue weighted by Gasteiger charge is -2.41. The zero-order valence-electron chi connectivity index (χ0n) is 16.3. The Morgan fingerprint density at radius 1 is 0.963 bits per heavy atom. The molecule has 0 bridgehead atoms. The van der Waals surface area contributed by atoms with Gasteiger partial charge in [0.05, 0.1) is 0 Å². The van der Waals surface area contributed by atoms with Crippen molar-refractivity contribution in [1.82, 2.24) is 20.1 Å². The number of H-pyrrole nitrogens is 1. The van der Waals surface area contributed by atoms with Crippen LogP contribution in [0.3, 0.4) is 0 Å². The number of benzene rings is 1. The second kappa shape index (κ2) is 7.82. The van der Waals surface area contributed by atoms with Gasteiger partial charge in [-0.1, -0.05) is 6.42 Å². The maximum atomic E-state index is 6.34. The van der Waals surface area contributed by atoms with E-state index in [1.165, 1.54) is 48.9 Å². The lowest BCUT2D eigenvalue weighted by atomic mass is 9.90. The Labute approximate surface area is 162 Å². The number of rotatable bonds is 5. The monoisotopic (exact) mass is 368 g/mol. The van der Waals surface area contributed by atoms with Gasteiger partial charge in [0.25, 0.3) is 0 Å². The number of piperazine rings is 1. The second-order valence-electron chi connectivity index (χ2n) is 8.51. The summed E-state index contributed by atoms with van der Waals surface area (Å²) in [6.45, 7) is 7.86. The lowest BCUT2D eigenvalue weighted by molar-refractivity contribution is 0.0494. The number of nitrogens with one attached hydrogen (secondary N) is 2. The van der Waals surface area contributed by atoms with Crippen LogP contribution in [0, 0.1) is 0 Å². The van der Waals surface area contributed by atoms with Crippen LogP contribution in [0.2, 0.25) is 0 Å². The minimum Gasteiger partial charge on any atom is -0.490 e. The number of nitrogens with zero attached hydrogens (tertiary/aromatic N) is 2. The van der Waals surface area contributed by atoms with Crippen LogP contribution in [-0.2, 0) is 6.54 Å². The fourth-order valence-corrected chi connectivity index (χ4v) is 4.74. The largest absolute Gasteiger partial charge is 0.490 e. The SMILES string of the molecule is c1cc2[nH]c(CN3CCNCC3)cc2cc1OC1CCN(C2CCC2)CC1. The average Bonchev–Trinajstić information content (AvgIpc) is 3.04. The maximum absolute atomic E-state index is 6.34. The van der Waals surface area contributed by atoms with E-state index in [-0.39, 0.29) is 0 Å². The van der Waals surface area contributed by atoms with E-state index < -0.39 is 0 Å². The topological polar surface area (TPSA) is 43.5 Å². The van der Waals surface area contributed by atoms with Crippen LogP contribution < -0.4 is 10.1 Å². The molecule has 5 heteroatoms. The Hall–Kier alpha value is -1.56. The van der Waals surface area contributed by atoms with Crippen molar-refractivity contribution in [2.45, 2.75) is 50.8 Å². The maximum Gasteiger partial charge on any atom is 0.120 e. The van der Waals surface area contributed by atoms with Crippen molar-refractivity contribution >= 4 is 10.9 Å². The van der Waals surface area contributed by atoms with Gasteiger partial charge in [0.1, 0.15) is 11.9 Å². The summed E-state index contributed by atoms with van der Waals surface area (Å²) >= 11 is 0. The van der Waals surface area contributed by atoms with Crippen molar-refractivity contribution < 1.29 is 4.74 Å². The summed E-state index contributed by atoms with van der Waals surface area (Å²) in [5.74, 6) is 1.03. The molecule has 1 aromatic heterocycles. The van der Waals surface area contributed by atoms with E-state index >= 15 is 0 Å². The zero-order valence-corrected chi connectivity index (χ0v) is 16.3. The van der Waals surface area contributed by atoms with Crippen molar-refractivity contribution in [2.75, 3.05) is 39.3 Å². The first-order valence-corrected chi connectivity index (χ1v) is 10.8. The standard InChI is InChI=1S/C22H32N4O/c1-2-19(3-1)26-10-6-20(7-11-26)27-21-4-5-22-17(15-21)14-18(24-22)16-25-12-8-23-9-13-25/h4-5,14-15,19-20,23-24H,1-3,6-13,16H2. The molecular weight excluding hydrogens is 336 g/mol. The molecule has 146 valence electrons. The highest BCUT2D eigenvalue weighted by molar-refractivity contribution is 5.81. The highest BCUT2D eigenvalue weighted by Crippen LogP contribution is 2.29. The molecule has 2 N–H and O–H groups in total. The fourth-order valence-electron chi connectivity index (χ4n) is 4.74. The number of hydrogen-bond acceptors (Lipinski definition) is 4. The number of ether oxygens (including phenoxy) is 1. The van der Waals surface area contributed by atoms with E-state index in [4.69, 9.17) is 4.74 Å². The highest BCUT2D eigenvalue weighted by Gasteiger charge is 2.29. The minimum absolute atomic E-state index is 0.373. The second-order valence-corrected chi connectivity index (χ2v) is 8.51. The quantitative estimate of drug-likeness (QED) is 0.852. The molecule has 0 atom stereocenters. The van der Waals surface area contributed by atoms with Crippen LogP contribution in [0.1, 0.15) is 37.8 Å². The van der Waals surface area contributed by atoms with Crippen molar-refractivity contribution in [1.29, 1.82) is 0 Å². The Bertz CT molecular complexity index is 755. The molecular formula is C22H32N4O. The van der Waals surface area contributed by atoms with Crippen molar-refractivity contribution in [3.63, 3.8) is 0 Å². The van der Waals surface area contributed by atoms with Crippen LogP contribution in [0.15, 0.2) is 24.3 Å². The molecule has 5 nitrogen and oxygen atoms in total. The third-order valence-corrected chi connectivity index (χ3v) is 6.62. The van der Waals surface area contributed by atoms with Gasteiger partial charge in [0.2, 0.25) is 0 Å². The highest BCUT2D eigenvalue weighted by atomic mass is 16.5. The van der Waals surface area contributed by atoms with Crippen LogP contribution >= 0.6 is 0 Å². The smallest absolute Gasteiger partial charge is 0.120 e. The first-order valence-electron chi connectivity index (χ1n) is 10.8. The van der Waals surface area contributed by atoms with Crippen LogP contribution in [-0.4, -0.2) is 66.2 Å². The summed E-state index contributed by atoms with van der Waals surface area (Å²) in [5.41, 5.74) is 2.52. The summed E-state index contributed by atoms with van der Waals surface area (Å²) in [6, 6.07) is 9.69. The minimum atomic E-state index is 0.373. The van der Waals surface area contributed by atoms with Gasteiger partial charge in [0.15, 0.2) is 0 Å². The third kappa shape index (κ3) is 4.00. The molecule has 2 saturated heterocycles. The molecule has 3 fully saturated rings. The normalized spacial score (nSPS) is 23.6. The van der Waals surface area contributed by atoms with Crippen molar-refractivity contribution in [2.24, 2.45) is 0 Å². The number of aromatic amines is 1. The molecule has 0 amide bonds. The summed E-state index contributed by atoms with van der Waals surface area (Å²) < 4.78 is 6.34. The van der Waals surface area contributed by atoms with Gasteiger partial charge >= 0.3 is 0 Å². The predicted molar refractivity (Wildman–Crippen MR) is 109 cm³/mol. The number of aromatic nitrogens is 1. The van der Waals surface area contributed by atoms with E-state index in [9.17, 15) is 0 Å². The first kappa shape index (κ1) is 17.5. The van der Waals surface area contributed by atoms with Crippen LogP contribution in [0.25, 0.3) is 10.9 Å². The predicted octanol–water partition coefficient (Wildman–Crippen LogP) is 2.97. The van der Waals surface area contributed by atoms with E-state index in [1.54, 1.807) is 0 Å². The van der Waals surface area contributed by atoms with Gasteiger partial charge in [-0.2, -0.15) is 0 Å². The van der Waals surface area contributed by atoms with E-state index in [2.05, 4.69) is 44.4 Å². The Balaban J connectivity index is 1.19. The Morgan fingerprint density at radius 2 is 1.78 bits per heavy atom. The molecule has 0 spiro atoms. The van der Waals surface area contributed by atoms with Gasteiger partial charge in [-0.25, -0.2) is 0 Å². The molecule has 2 aromatic rings. The Morgan fingerprint density at radius 3 is 2.52 bits per heavy atom. The lowest BCUT2D eigenvalue weighted by Crippen LogP contribution is -2.46. The van der Waals surface area contributed by atoms with Crippen molar-refractivity contribution in [3.8, 4) is 5.75 Å². The number of likely N-dealkylation sites (tertiary alicyclic amines) is 1. The molecule has 2 aliphatic heterocycles. The van der Waals surface area contributed by atoms with Gasteiger partial charge in [-0.05, 0) is 49.9 Å². The molecule has 0 unspecified atom stereocenters.